The van der Waals surface area contributed by atoms with Crippen LogP contribution in [0.1, 0.15) is 16.1 Å². The van der Waals surface area contributed by atoms with Gasteiger partial charge in [0.15, 0.2) is 5.76 Å². The highest BCUT2D eigenvalue weighted by molar-refractivity contribution is 6.05. The van der Waals surface area contributed by atoms with E-state index in [1.54, 1.807) is 18.2 Å². The lowest BCUT2D eigenvalue weighted by atomic mass is 10.2. The van der Waals surface area contributed by atoms with Crippen LogP contribution in [0.4, 0.5) is 5.69 Å². The maximum absolute atomic E-state index is 12.2. The number of hydrogen-bond acceptors (Lipinski definition) is 3. The molecule has 0 aliphatic heterocycles. The molecular formula is C16H13NO3. The summed E-state index contributed by atoms with van der Waals surface area (Å²) in [6, 6.07) is 13.9. The maximum Gasteiger partial charge on any atom is 0.291 e. The van der Waals surface area contributed by atoms with Gasteiger partial charge in [0.1, 0.15) is 11.3 Å². The van der Waals surface area contributed by atoms with Crippen LogP contribution in [0.5, 0.6) is 5.75 Å². The number of aromatic hydroxyl groups is 1. The predicted molar refractivity (Wildman–Crippen MR) is 77.0 cm³/mol. The Morgan fingerprint density at radius 3 is 2.70 bits per heavy atom. The quantitative estimate of drug-likeness (QED) is 0.696. The van der Waals surface area contributed by atoms with E-state index in [-0.39, 0.29) is 17.4 Å². The van der Waals surface area contributed by atoms with Crippen molar-refractivity contribution in [1.82, 2.24) is 0 Å². The third-order valence-corrected chi connectivity index (χ3v) is 3.11. The molecule has 0 spiro atoms. The fourth-order valence-corrected chi connectivity index (χ4v) is 2.07. The van der Waals surface area contributed by atoms with E-state index in [2.05, 4.69) is 5.32 Å². The van der Waals surface area contributed by atoms with Crippen molar-refractivity contribution in [3.05, 3.63) is 59.9 Å². The Balaban J connectivity index is 1.89. The molecule has 4 heteroatoms. The van der Waals surface area contributed by atoms with Crippen molar-refractivity contribution in [2.45, 2.75) is 6.92 Å². The van der Waals surface area contributed by atoms with Crippen molar-refractivity contribution >= 4 is 22.6 Å². The van der Waals surface area contributed by atoms with Crippen LogP contribution < -0.4 is 5.32 Å². The van der Waals surface area contributed by atoms with Crippen molar-refractivity contribution in [3.8, 4) is 5.75 Å². The smallest absolute Gasteiger partial charge is 0.291 e. The van der Waals surface area contributed by atoms with Gasteiger partial charge in [0, 0.05) is 11.1 Å². The number of hydrogen-bond donors (Lipinski definition) is 2. The summed E-state index contributed by atoms with van der Waals surface area (Å²) in [5, 5.41) is 13.0. The standard InChI is InChI=1S/C16H13NO3/c1-10-8-12(18)6-7-13(10)17-16(19)15-9-11-4-2-3-5-14(11)20-15/h2-9,18H,1H3,(H,17,19). The fourth-order valence-electron chi connectivity index (χ4n) is 2.07. The van der Waals surface area contributed by atoms with E-state index in [9.17, 15) is 9.90 Å². The Morgan fingerprint density at radius 1 is 1.15 bits per heavy atom. The molecule has 2 N–H and O–H groups in total. The molecule has 0 aliphatic rings. The number of phenols is 1. The second kappa shape index (κ2) is 4.74. The summed E-state index contributed by atoms with van der Waals surface area (Å²) in [5.41, 5.74) is 2.11. The van der Waals surface area contributed by atoms with Crippen LogP contribution in [-0.2, 0) is 0 Å². The van der Waals surface area contributed by atoms with Gasteiger partial charge in [-0.1, -0.05) is 18.2 Å². The van der Waals surface area contributed by atoms with Crippen LogP contribution >= 0.6 is 0 Å². The molecule has 0 atom stereocenters. The second-order valence-electron chi connectivity index (χ2n) is 4.60. The number of carbonyl (C=O) groups excluding carboxylic acids is 1. The molecule has 0 saturated heterocycles. The highest BCUT2D eigenvalue weighted by Gasteiger charge is 2.13. The molecule has 1 amide bonds. The molecule has 1 aromatic heterocycles. The Labute approximate surface area is 115 Å². The van der Waals surface area contributed by atoms with Crippen molar-refractivity contribution < 1.29 is 14.3 Å². The minimum Gasteiger partial charge on any atom is -0.508 e. The van der Waals surface area contributed by atoms with E-state index in [0.717, 1.165) is 10.9 Å². The number of carbonyl (C=O) groups is 1. The number of para-hydroxylation sites is 1. The van der Waals surface area contributed by atoms with Crippen molar-refractivity contribution in [2.75, 3.05) is 5.32 Å². The van der Waals surface area contributed by atoms with Crippen LogP contribution in [0.15, 0.2) is 52.9 Å². The summed E-state index contributed by atoms with van der Waals surface area (Å²) in [6.45, 7) is 1.81. The Morgan fingerprint density at radius 2 is 1.95 bits per heavy atom. The van der Waals surface area contributed by atoms with Crippen molar-refractivity contribution in [3.63, 3.8) is 0 Å². The van der Waals surface area contributed by atoms with Crippen LogP contribution in [0, 0.1) is 6.92 Å². The number of amides is 1. The zero-order valence-corrected chi connectivity index (χ0v) is 10.9. The molecule has 1 heterocycles. The number of aryl methyl sites for hydroxylation is 1. The van der Waals surface area contributed by atoms with Gasteiger partial charge in [-0.3, -0.25) is 4.79 Å². The first-order valence-electron chi connectivity index (χ1n) is 6.23. The normalized spacial score (nSPS) is 10.7. The number of rotatable bonds is 2. The first-order valence-corrected chi connectivity index (χ1v) is 6.23. The molecule has 0 saturated carbocycles. The highest BCUT2D eigenvalue weighted by Crippen LogP contribution is 2.23. The van der Waals surface area contributed by atoms with Crippen LogP contribution in [0.3, 0.4) is 0 Å². The maximum atomic E-state index is 12.2. The van der Waals surface area contributed by atoms with E-state index in [1.165, 1.54) is 6.07 Å². The predicted octanol–water partition coefficient (Wildman–Crippen LogP) is 3.70. The highest BCUT2D eigenvalue weighted by atomic mass is 16.3. The summed E-state index contributed by atoms with van der Waals surface area (Å²) in [4.78, 5) is 12.2. The van der Waals surface area contributed by atoms with Gasteiger partial charge in [0.25, 0.3) is 5.91 Å². The molecule has 0 fully saturated rings. The number of fused-ring (bicyclic) bond motifs is 1. The molecule has 0 aliphatic carbocycles. The van der Waals surface area contributed by atoms with Crippen LogP contribution in [-0.4, -0.2) is 11.0 Å². The summed E-state index contributed by atoms with van der Waals surface area (Å²) in [6.07, 6.45) is 0. The van der Waals surface area contributed by atoms with E-state index in [1.807, 2.05) is 31.2 Å². The summed E-state index contributed by atoms with van der Waals surface area (Å²) in [5.74, 6) is 0.123. The van der Waals surface area contributed by atoms with Crippen LogP contribution in [0.25, 0.3) is 11.0 Å². The first-order chi connectivity index (χ1) is 9.63. The molecule has 0 unspecified atom stereocenters. The first kappa shape index (κ1) is 12.3. The molecule has 3 aromatic rings. The molecule has 100 valence electrons. The van der Waals surface area contributed by atoms with Gasteiger partial charge in [0.05, 0.1) is 0 Å². The molecule has 3 rings (SSSR count). The summed E-state index contributed by atoms with van der Waals surface area (Å²) in [7, 11) is 0. The van der Waals surface area contributed by atoms with Gasteiger partial charge in [-0.25, -0.2) is 0 Å². The molecule has 0 bridgehead atoms. The SMILES string of the molecule is Cc1cc(O)ccc1NC(=O)c1cc2ccccc2o1. The number of furan rings is 1. The van der Waals surface area contributed by atoms with Gasteiger partial charge in [0.2, 0.25) is 0 Å². The lowest BCUT2D eigenvalue weighted by Gasteiger charge is -2.06. The molecule has 0 radical (unpaired) electrons. The molecular weight excluding hydrogens is 254 g/mol. The minimum absolute atomic E-state index is 0.171. The zero-order valence-electron chi connectivity index (χ0n) is 10.9. The summed E-state index contributed by atoms with van der Waals surface area (Å²) >= 11 is 0. The van der Waals surface area contributed by atoms with Crippen molar-refractivity contribution in [2.24, 2.45) is 0 Å². The molecule has 20 heavy (non-hydrogen) atoms. The fraction of sp³-hybridized carbons (Fsp3) is 0.0625. The van der Waals surface area contributed by atoms with Gasteiger partial charge in [-0.15, -0.1) is 0 Å². The monoisotopic (exact) mass is 267 g/mol. The Hall–Kier alpha value is -2.75. The van der Waals surface area contributed by atoms with E-state index < -0.39 is 0 Å². The number of benzene rings is 2. The second-order valence-corrected chi connectivity index (χ2v) is 4.60. The molecule has 4 nitrogen and oxygen atoms in total. The van der Waals surface area contributed by atoms with Gasteiger partial charge in [-0.05, 0) is 42.8 Å². The van der Waals surface area contributed by atoms with Gasteiger partial charge < -0.3 is 14.8 Å². The largest absolute Gasteiger partial charge is 0.508 e. The summed E-state index contributed by atoms with van der Waals surface area (Å²) < 4.78 is 5.50. The topological polar surface area (TPSA) is 62.5 Å². The molecule has 2 aromatic carbocycles. The lowest BCUT2D eigenvalue weighted by Crippen LogP contribution is -2.11. The number of phenolic OH excluding ortho intramolecular Hbond substituents is 1. The number of nitrogens with one attached hydrogen (secondary N) is 1. The Kier molecular flexibility index (Phi) is 2.91. The third kappa shape index (κ3) is 2.23. The Bertz CT molecular complexity index is 756. The van der Waals surface area contributed by atoms with Gasteiger partial charge in [-0.2, -0.15) is 0 Å². The lowest BCUT2D eigenvalue weighted by molar-refractivity contribution is 0.0998. The van der Waals surface area contributed by atoms with E-state index in [0.29, 0.717) is 11.3 Å². The number of anilines is 1. The van der Waals surface area contributed by atoms with E-state index >= 15 is 0 Å². The average Bonchev–Trinajstić information content (AvgIpc) is 2.86. The van der Waals surface area contributed by atoms with E-state index in [4.69, 9.17) is 4.42 Å². The third-order valence-electron chi connectivity index (χ3n) is 3.11. The van der Waals surface area contributed by atoms with Crippen LogP contribution in [0.2, 0.25) is 0 Å². The zero-order chi connectivity index (χ0) is 14.1. The minimum atomic E-state index is -0.310. The van der Waals surface area contributed by atoms with Crippen molar-refractivity contribution in [1.29, 1.82) is 0 Å². The average molecular weight is 267 g/mol. The van der Waals surface area contributed by atoms with Gasteiger partial charge >= 0.3 is 0 Å².